The highest BCUT2D eigenvalue weighted by Crippen LogP contribution is 2.41. The molecule has 24 heavy (non-hydrogen) atoms. The van der Waals surface area contributed by atoms with Crippen molar-refractivity contribution >= 4 is 0 Å². The zero-order valence-electron chi connectivity index (χ0n) is 16.3. The van der Waals surface area contributed by atoms with Gasteiger partial charge in [0, 0.05) is 0 Å². The van der Waals surface area contributed by atoms with E-state index >= 15 is 0 Å². The molecule has 1 nitrogen and oxygen atoms in total. The van der Waals surface area contributed by atoms with Crippen LogP contribution in [0.25, 0.3) is 0 Å². The number of aryl methyl sites for hydroxylation is 1. The molecule has 0 aliphatic heterocycles. The topological polar surface area (TPSA) is 9.23 Å². The van der Waals surface area contributed by atoms with E-state index in [0.29, 0.717) is 0 Å². The van der Waals surface area contributed by atoms with Crippen molar-refractivity contribution in [2.75, 3.05) is 6.61 Å². The maximum absolute atomic E-state index is 6.08. The van der Waals surface area contributed by atoms with Crippen LogP contribution in [0.5, 0.6) is 5.75 Å². The molecule has 1 aromatic rings. The van der Waals surface area contributed by atoms with Crippen LogP contribution in [-0.4, -0.2) is 6.61 Å². The van der Waals surface area contributed by atoms with Gasteiger partial charge in [0.2, 0.25) is 0 Å². The molecule has 0 saturated heterocycles. The molecule has 136 valence electrons. The van der Waals surface area contributed by atoms with E-state index < -0.39 is 0 Å². The fourth-order valence-corrected chi connectivity index (χ4v) is 4.15. The minimum atomic E-state index is 0.719. The van der Waals surface area contributed by atoms with Crippen molar-refractivity contribution in [2.45, 2.75) is 97.3 Å². The third-order valence-electron chi connectivity index (χ3n) is 5.58. The quantitative estimate of drug-likeness (QED) is 0.409. The summed E-state index contributed by atoms with van der Waals surface area (Å²) in [6.45, 7) is 7.60. The maximum Gasteiger partial charge on any atom is 0.122 e. The first-order chi connectivity index (χ1) is 11.8. The third kappa shape index (κ3) is 5.83. The average Bonchev–Trinajstić information content (AvgIpc) is 2.62. The summed E-state index contributed by atoms with van der Waals surface area (Å²) >= 11 is 0. The van der Waals surface area contributed by atoms with Crippen molar-refractivity contribution in [3.05, 3.63) is 29.3 Å². The van der Waals surface area contributed by atoms with E-state index in [2.05, 4.69) is 39.0 Å². The average molecular weight is 331 g/mol. The van der Waals surface area contributed by atoms with Crippen molar-refractivity contribution in [1.82, 2.24) is 0 Å². The van der Waals surface area contributed by atoms with Gasteiger partial charge in [-0.2, -0.15) is 0 Å². The van der Waals surface area contributed by atoms with Crippen molar-refractivity contribution in [3.8, 4) is 5.75 Å². The highest BCUT2D eigenvalue weighted by atomic mass is 16.5. The molecule has 2 rings (SSSR count). The number of hydrogen-bond acceptors (Lipinski definition) is 1. The van der Waals surface area contributed by atoms with Gasteiger partial charge in [-0.3, -0.25) is 0 Å². The summed E-state index contributed by atoms with van der Waals surface area (Å²) in [5.74, 6) is 2.86. The molecule has 0 N–H and O–H groups in total. The Labute approximate surface area is 150 Å². The van der Waals surface area contributed by atoms with Crippen LogP contribution in [0.3, 0.4) is 0 Å². The monoisotopic (exact) mass is 330 g/mol. The summed E-state index contributed by atoms with van der Waals surface area (Å²) < 4.78 is 6.08. The smallest absolute Gasteiger partial charge is 0.122 e. The zero-order chi connectivity index (χ0) is 17.2. The molecule has 1 fully saturated rings. The molecular formula is C23H38O. The van der Waals surface area contributed by atoms with Crippen LogP contribution < -0.4 is 4.74 Å². The van der Waals surface area contributed by atoms with Gasteiger partial charge >= 0.3 is 0 Å². The van der Waals surface area contributed by atoms with E-state index in [1.807, 2.05) is 0 Å². The Morgan fingerprint density at radius 3 is 2.38 bits per heavy atom. The van der Waals surface area contributed by atoms with Crippen LogP contribution in [0.4, 0.5) is 0 Å². The lowest BCUT2D eigenvalue weighted by molar-refractivity contribution is 0.284. The van der Waals surface area contributed by atoms with Crippen molar-refractivity contribution in [1.29, 1.82) is 0 Å². The summed E-state index contributed by atoms with van der Waals surface area (Å²) in [6.07, 6.45) is 14.7. The Kier molecular flexibility index (Phi) is 8.70. The molecule has 1 heteroatoms. The van der Waals surface area contributed by atoms with Gasteiger partial charge in [0.05, 0.1) is 6.61 Å². The van der Waals surface area contributed by atoms with Crippen molar-refractivity contribution in [2.24, 2.45) is 5.92 Å². The number of benzene rings is 1. The molecule has 0 bridgehead atoms. The summed E-state index contributed by atoms with van der Waals surface area (Å²) in [6, 6.07) is 6.97. The van der Waals surface area contributed by atoms with Crippen LogP contribution in [0.15, 0.2) is 18.2 Å². The molecule has 1 aromatic carbocycles. The maximum atomic E-state index is 6.08. The molecule has 0 heterocycles. The second-order valence-electron chi connectivity index (χ2n) is 7.68. The van der Waals surface area contributed by atoms with Gasteiger partial charge in [0.25, 0.3) is 0 Å². The van der Waals surface area contributed by atoms with E-state index in [4.69, 9.17) is 4.74 Å². The number of hydrogen-bond donors (Lipinski definition) is 0. The second-order valence-corrected chi connectivity index (χ2v) is 7.68. The molecule has 0 amide bonds. The Bertz CT molecular complexity index is 457. The van der Waals surface area contributed by atoms with Crippen LogP contribution in [0, 0.1) is 5.92 Å². The van der Waals surface area contributed by atoms with Crippen LogP contribution >= 0.6 is 0 Å². The minimum Gasteiger partial charge on any atom is -0.493 e. The summed E-state index contributed by atoms with van der Waals surface area (Å²) in [4.78, 5) is 0. The highest BCUT2D eigenvalue weighted by Gasteiger charge is 2.24. The summed E-state index contributed by atoms with van der Waals surface area (Å²) in [7, 11) is 0. The first kappa shape index (κ1) is 19.3. The summed E-state index contributed by atoms with van der Waals surface area (Å²) in [5, 5.41) is 0. The Hall–Kier alpha value is -0.980. The van der Waals surface area contributed by atoms with Gasteiger partial charge in [-0.25, -0.2) is 0 Å². The Morgan fingerprint density at radius 2 is 1.71 bits per heavy atom. The normalized spacial score (nSPS) is 21.0. The lowest BCUT2D eigenvalue weighted by atomic mass is 9.76. The lowest BCUT2D eigenvalue weighted by Crippen LogP contribution is -2.14. The number of unbranched alkanes of at least 4 members (excludes halogenated alkanes) is 2. The third-order valence-corrected chi connectivity index (χ3v) is 5.58. The number of ether oxygens (including phenoxy) is 1. The largest absolute Gasteiger partial charge is 0.493 e. The molecule has 0 unspecified atom stereocenters. The SMILES string of the molecule is CCCCCC1CCC(c2cc(CCC)ccc2OCCC)CC1. The molecule has 1 saturated carbocycles. The van der Waals surface area contributed by atoms with E-state index in [0.717, 1.165) is 30.6 Å². The van der Waals surface area contributed by atoms with Gasteiger partial charge in [0.1, 0.15) is 5.75 Å². The molecule has 0 radical (unpaired) electrons. The molecule has 0 aromatic heterocycles. The van der Waals surface area contributed by atoms with Gasteiger partial charge in [-0.1, -0.05) is 65.0 Å². The summed E-state index contributed by atoms with van der Waals surface area (Å²) in [5.41, 5.74) is 2.99. The predicted octanol–water partition coefficient (Wildman–Crippen LogP) is 7.28. The van der Waals surface area contributed by atoms with E-state index in [1.54, 1.807) is 0 Å². The standard InChI is InChI=1S/C23H38O/c1-4-7-8-10-19-11-14-21(15-12-19)22-18-20(9-5-2)13-16-23(22)24-17-6-3/h13,16,18-19,21H,4-12,14-15,17H2,1-3H3. The van der Waals surface area contributed by atoms with Gasteiger partial charge in [0.15, 0.2) is 0 Å². The zero-order valence-corrected chi connectivity index (χ0v) is 16.3. The van der Waals surface area contributed by atoms with Gasteiger partial charge < -0.3 is 4.74 Å². The van der Waals surface area contributed by atoms with Crippen molar-refractivity contribution < 1.29 is 4.74 Å². The van der Waals surface area contributed by atoms with E-state index in [1.165, 1.54) is 75.3 Å². The van der Waals surface area contributed by atoms with Gasteiger partial charge in [-0.05, 0) is 67.6 Å². The van der Waals surface area contributed by atoms with E-state index in [-0.39, 0.29) is 0 Å². The molecule has 1 aliphatic rings. The number of rotatable bonds is 10. The Balaban J connectivity index is 1.99. The van der Waals surface area contributed by atoms with Crippen molar-refractivity contribution in [3.63, 3.8) is 0 Å². The fraction of sp³-hybridized carbons (Fsp3) is 0.739. The van der Waals surface area contributed by atoms with Crippen LogP contribution in [-0.2, 0) is 6.42 Å². The Morgan fingerprint density at radius 1 is 0.917 bits per heavy atom. The molecule has 0 atom stereocenters. The molecular weight excluding hydrogens is 292 g/mol. The van der Waals surface area contributed by atoms with Crippen LogP contribution in [0.2, 0.25) is 0 Å². The van der Waals surface area contributed by atoms with E-state index in [9.17, 15) is 0 Å². The van der Waals surface area contributed by atoms with Crippen LogP contribution in [0.1, 0.15) is 102 Å². The fourth-order valence-electron chi connectivity index (χ4n) is 4.15. The highest BCUT2D eigenvalue weighted by molar-refractivity contribution is 5.40. The lowest BCUT2D eigenvalue weighted by Gasteiger charge is -2.30. The first-order valence-corrected chi connectivity index (χ1v) is 10.5. The molecule has 1 aliphatic carbocycles. The minimum absolute atomic E-state index is 0.719. The predicted molar refractivity (Wildman–Crippen MR) is 105 cm³/mol. The first-order valence-electron chi connectivity index (χ1n) is 10.5. The molecule has 0 spiro atoms. The van der Waals surface area contributed by atoms with Gasteiger partial charge in [-0.15, -0.1) is 0 Å². The second kappa shape index (κ2) is 10.8.